The van der Waals surface area contributed by atoms with Crippen LogP contribution in [0.3, 0.4) is 0 Å². The molecule has 9 nitrogen and oxygen atoms in total. The van der Waals surface area contributed by atoms with Crippen LogP contribution in [0.4, 0.5) is 11.4 Å². The third-order valence-corrected chi connectivity index (χ3v) is 5.99. The minimum absolute atomic E-state index is 0.0324. The molecule has 172 valence electrons. The van der Waals surface area contributed by atoms with Gasteiger partial charge in [0.2, 0.25) is 10.0 Å². The average molecular weight is 470 g/mol. The Hall–Kier alpha value is -3.76. The van der Waals surface area contributed by atoms with Crippen LogP contribution in [0, 0.1) is 10.1 Å². The quantitative estimate of drug-likeness (QED) is 0.381. The molecule has 0 aromatic heterocycles. The van der Waals surface area contributed by atoms with Gasteiger partial charge in [-0.1, -0.05) is 24.3 Å². The number of carbonyl (C=O) groups excluding carboxylic acids is 1. The fourth-order valence-corrected chi connectivity index (χ4v) is 4.38. The van der Waals surface area contributed by atoms with E-state index in [0.717, 1.165) is 6.07 Å². The van der Waals surface area contributed by atoms with E-state index in [1.807, 2.05) is 0 Å². The second kappa shape index (κ2) is 9.39. The van der Waals surface area contributed by atoms with Crippen molar-refractivity contribution in [2.45, 2.75) is 31.2 Å². The van der Waals surface area contributed by atoms with Gasteiger partial charge in [-0.3, -0.25) is 14.9 Å². The van der Waals surface area contributed by atoms with Crippen LogP contribution in [-0.2, 0) is 10.0 Å². The Morgan fingerprint density at radius 2 is 1.67 bits per heavy atom. The van der Waals surface area contributed by atoms with Crippen molar-refractivity contribution in [3.05, 3.63) is 88.5 Å². The van der Waals surface area contributed by atoms with Gasteiger partial charge in [0.15, 0.2) is 0 Å². The molecular formula is C23H23N3O6S. The van der Waals surface area contributed by atoms with Gasteiger partial charge in [-0.05, 0) is 57.2 Å². The molecule has 0 unspecified atom stereocenters. The van der Waals surface area contributed by atoms with Gasteiger partial charge >= 0.3 is 0 Å². The molecule has 0 atom stereocenters. The maximum Gasteiger partial charge on any atom is 0.270 e. The fourth-order valence-electron chi connectivity index (χ4n) is 2.91. The highest BCUT2D eigenvalue weighted by atomic mass is 32.2. The zero-order valence-corrected chi connectivity index (χ0v) is 19.0. The largest absolute Gasteiger partial charge is 0.457 e. The minimum Gasteiger partial charge on any atom is -0.457 e. The van der Waals surface area contributed by atoms with Crippen LogP contribution in [0.25, 0.3) is 0 Å². The summed E-state index contributed by atoms with van der Waals surface area (Å²) in [5.41, 5.74) is -0.848. The Morgan fingerprint density at radius 3 is 2.30 bits per heavy atom. The second-order valence-corrected chi connectivity index (χ2v) is 9.87. The number of carbonyl (C=O) groups is 1. The summed E-state index contributed by atoms with van der Waals surface area (Å²) in [5, 5.41) is 13.8. The van der Waals surface area contributed by atoms with Gasteiger partial charge in [0.05, 0.1) is 15.4 Å². The molecule has 3 aromatic rings. The number of nitro benzene ring substituents is 1. The fraction of sp³-hybridized carbons (Fsp3) is 0.174. The maximum atomic E-state index is 13.0. The summed E-state index contributed by atoms with van der Waals surface area (Å²) in [7, 11) is -3.82. The zero-order valence-electron chi connectivity index (χ0n) is 18.2. The van der Waals surface area contributed by atoms with Gasteiger partial charge in [0.1, 0.15) is 11.5 Å². The Bertz CT molecular complexity index is 1290. The van der Waals surface area contributed by atoms with E-state index < -0.39 is 26.4 Å². The third-order valence-electron chi connectivity index (χ3n) is 4.23. The van der Waals surface area contributed by atoms with E-state index >= 15 is 0 Å². The summed E-state index contributed by atoms with van der Waals surface area (Å²) < 4.78 is 33.5. The van der Waals surface area contributed by atoms with Crippen molar-refractivity contribution in [3.8, 4) is 11.5 Å². The molecule has 0 fully saturated rings. The lowest BCUT2D eigenvalue weighted by molar-refractivity contribution is -0.384. The lowest BCUT2D eigenvalue weighted by Crippen LogP contribution is -2.40. The van der Waals surface area contributed by atoms with Crippen LogP contribution in [0.5, 0.6) is 11.5 Å². The van der Waals surface area contributed by atoms with E-state index in [4.69, 9.17) is 4.74 Å². The van der Waals surface area contributed by atoms with Crippen molar-refractivity contribution in [1.82, 2.24) is 4.72 Å². The summed E-state index contributed by atoms with van der Waals surface area (Å²) in [6, 6.07) is 18.1. The molecule has 0 saturated heterocycles. The molecule has 0 bridgehead atoms. The molecule has 0 radical (unpaired) electrons. The Balaban J connectivity index is 1.92. The van der Waals surface area contributed by atoms with Crippen molar-refractivity contribution >= 4 is 27.3 Å². The van der Waals surface area contributed by atoms with Crippen LogP contribution in [0.2, 0.25) is 0 Å². The van der Waals surface area contributed by atoms with Crippen LogP contribution >= 0.6 is 0 Å². The molecule has 0 aliphatic carbocycles. The van der Waals surface area contributed by atoms with Crippen LogP contribution in [0.1, 0.15) is 31.1 Å². The number of non-ortho nitro benzene ring substituents is 1. The summed E-state index contributed by atoms with van der Waals surface area (Å²) in [5.74, 6) is -0.132. The molecule has 33 heavy (non-hydrogen) atoms. The number of benzene rings is 3. The number of para-hydroxylation sites is 1. The zero-order chi connectivity index (χ0) is 24.2. The van der Waals surface area contributed by atoms with E-state index in [9.17, 15) is 23.3 Å². The number of hydrogen-bond donors (Lipinski definition) is 2. The Kier molecular flexibility index (Phi) is 6.80. The topological polar surface area (TPSA) is 128 Å². The van der Waals surface area contributed by atoms with E-state index in [2.05, 4.69) is 10.0 Å². The van der Waals surface area contributed by atoms with Crippen molar-refractivity contribution in [2.24, 2.45) is 0 Å². The van der Waals surface area contributed by atoms with Crippen LogP contribution in [-0.4, -0.2) is 24.8 Å². The first kappa shape index (κ1) is 23.9. The molecule has 0 heterocycles. The molecule has 0 spiro atoms. The Labute approximate surface area is 191 Å². The second-order valence-electron chi connectivity index (χ2n) is 8.19. The van der Waals surface area contributed by atoms with E-state index in [-0.39, 0.29) is 27.6 Å². The third kappa shape index (κ3) is 6.37. The number of ether oxygens (including phenoxy) is 1. The van der Waals surface area contributed by atoms with Gasteiger partial charge in [-0.25, -0.2) is 13.1 Å². The number of amides is 1. The molecule has 2 N–H and O–H groups in total. The highest BCUT2D eigenvalue weighted by Crippen LogP contribution is 2.30. The first-order chi connectivity index (χ1) is 15.4. The number of nitrogens with zero attached hydrogens (tertiary/aromatic N) is 1. The standard InChI is InChI=1S/C23H23N3O6S/c1-23(2,3)25-33(30,31)19-11-7-8-16(14-19)24-22(27)20-15-17(26(28)29)12-13-21(20)32-18-9-5-4-6-10-18/h4-15,25H,1-3H3,(H,24,27). The predicted molar refractivity (Wildman–Crippen MR) is 124 cm³/mol. The van der Waals surface area contributed by atoms with Gasteiger partial charge in [-0.15, -0.1) is 0 Å². The molecule has 3 aromatic carbocycles. The van der Waals surface area contributed by atoms with E-state index in [1.165, 1.54) is 36.4 Å². The van der Waals surface area contributed by atoms with Crippen LogP contribution in [0.15, 0.2) is 77.7 Å². The molecule has 10 heteroatoms. The van der Waals surface area contributed by atoms with Gasteiger partial charge in [0, 0.05) is 23.4 Å². The van der Waals surface area contributed by atoms with Crippen molar-refractivity contribution in [2.75, 3.05) is 5.32 Å². The highest BCUT2D eigenvalue weighted by Gasteiger charge is 2.23. The SMILES string of the molecule is CC(C)(C)NS(=O)(=O)c1cccc(NC(=O)c2cc([N+](=O)[O-])ccc2Oc2ccccc2)c1. The van der Waals surface area contributed by atoms with Crippen molar-refractivity contribution in [3.63, 3.8) is 0 Å². The van der Waals surface area contributed by atoms with Crippen molar-refractivity contribution < 1.29 is 22.9 Å². The summed E-state index contributed by atoms with van der Waals surface area (Å²) >= 11 is 0. The minimum atomic E-state index is -3.82. The normalized spacial score (nSPS) is 11.6. The van der Waals surface area contributed by atoms with Gasteiger partial charge < -0.3 is 10.1 Å². The molecule has 3 rings (SSSR count). The monoisotopic (exact) mass is 469 g/mol. The first-order valence-electron chi connectivity index (χ1n) is 9.91. The van der Waals surface area contributed by atoms with Crippen molar-refractivity contribution in [1.29, 1.82) is 0 Å². The van der Waals surface area contributed by atoms with Gasteiger partial charge in [0.25, 0.3) is 11.6 Å². The number of sulfonamides is 1. The molecule has 0 aliphatic heterocycles. The first-order valence-corrected chi connectivity index (χ1v) is 11.4. The maximum absolute atomic E-state index is 13.0. The molecular weight excluding hydrogens is 446 g/mol. The summed E-state index contributed by atoms with van der Waals surface area (Å²) in [4.78, 5) is 23.6. The van der Waals surface area contributed by atoms with Gasteiger partial charge in [-0.2, -0.15) is 0 Å². The highest BCUT2D eigenvalue weighted by molar-refractivity contribution is 7.89. The lowest BCUT2D eigenvalue weighted by Gasteiger charge is -2.20. The summed E-state index contributed by atoms with van der Waals surface area (Å²) in [6.45, 7) is 5.15. The lowest BCUT2D eigenvalue weighted by atomic mass is 10.1. The number of nitrogens with one attached hydrogen (secondary N) is 2. The smallest absolute Gasteiger partial charge is 0.270 e. The van der Waals surface area contributed by atoms with E-state index in [1.54, 1.807) is 51.1 Å². The number of nitro groups is 1. The number of anilines is 1. The Morgan fingerprint density at radius 1 is 0.970 bits per heavy atom. The number of hydrogen-bond acceptors (Lipinski definition) is 6. The predicted octanol–water partition coefficient (Wildman–Crippen LogP) is 4.72. The average Bonchev–Trinajstić information content (AvgIpc) is 2.73. The van der Waals surface area contributed by atoms with E-state index in [0.29, 0.717) is 5.75 Å². The number of rotatable bonds is 7. The summed E-state index contributed by atoms with van der Waals surface area (Å²) in [6.07, 6.45) is 0. The van der Waals surface area contributed by atoms with Crippen LogP contribution < -0.4 is 14.8 Å². The molecule has 1 amide bonds. The molecule has 0 aliphatic rings. The molecule has 0 saturated carbocycles.